The molecule has 3 N–H and O–H groups in total. The van der Waals surface area contributed by atoms with Gasteiger partial charge in [-0.2, -0.15) is 0 Å². The lowest BCUT2D eigenvalue weighted by Crippen LogP contribution is -2.32. The van der Waals surface area contributed by atoms with Crippen LogP contribution in [0.1, 0.15) is 33.3 Å². The summed E-state index contributed by atoms with van der Waals surface area (Å²) >= 11 is 1.25. The maximum atomic E-state index is 13.3. The minimum Gasteiger partial charge on any atom is -0.489 e. The second-order valence-corrected chi connectivity index (χ2v) is 8.80. The molecule has 1 heterocycles. The lowest BCUT2D eigenvalue weighted by molar-refractivity contribution is -0.138. The number of aliphatic carboxylic acids is 1. The number of nitrogens with zero attached hydrogens (tertiary/aromatic N) is 1. The van der Waals surface area contributed by atoms with Crippen LogP contribution in [0, 0.1) is 0 Å². The molecule has 168 valence electrons. The van der Waals surface area contributed by atoms with Crippen molar-refractivity contribution in [1.29, 1.82) is 0 Å². The molecule has 1 saturated heterocycles. The minimum atomic E-state index is -1.05. The van der Waals surface area contributed by atoms with Gasteiger partial charge in [-0.3, -0.25) is 19.3 Å². The quantitative estimate of drug-likeness (QED) is 0.524. The zero-order chi connectivity index (χ0) is 23.4. The Kier molecular flexibility index (Phi) is 6.65. The normalized spacial score (nSPS) is 17.7. The lowest BCUT2D eigenvalue weighted by atomic mass is 10.1. The summed E-state index contributed by atoms with van der Waals surface area (Å²) in [5.74, 6) is -1.41. The predicted octanol–water partition coefficient (Wildman–Crippen LogP) is 3.99. The fourth-order valence-electron chi connectivity index (χ4n) is 3.67. The van der Waals surface area contributed by atoms with E-state index < -0.39 is 22.5 Å². The van der Waals surface area contributed by atoms with Gasteiger partial charge in [0.25, 0.3) is 0 Å². The van der Waals surface area contributed by atoms with E-state index in [1.54, 1.807) is 24.3 Å². The van der Waals surface area contributed by atoms with Crippen LogP contribution in [0.15, 0.2) is 78.9 Å². The third-order valence-electron chi connectivity index (χ3n) is 5.23. The number of benzene rings is 3. The molecule has 0 aliphatic carbocycles. The number of ether oxygens (including phenoxy) is 1. The van der Waals surface area contributed by atoms with Gasteiger partial charge < -0.3 is 15.6 Å². The molecule has 1 aliphatic heterocycles. The topological polar surface area (TPSA) is 110 Å². The summed E-state index contributed by atoms with van der Waals surface area (Å²) in [5.41, 5.74) is 7.90. The fraction of sp³-hybridized carbons (Fsp3) is 0.160. The highest BCUT2D eigenvalue weighted by molar-refractivity contribution is 8.01. The van der Waals surface area contributed by atoms with Crippen LogP contribution in [-0.2, 0) is 16.2 Å². The van der Waals surface area contributed by atoms with Crippen LogP contribution in [0.3, 0.4) is 0 Å². The smallest absolute Gasteiger partial charge is 0.305 e. The third kappa shape index (κ3) is 5.01. The molecule has 33 heavy (non-hydrogen) atoms. The van der Waals surface area contributed by atoms with E-state index in [4.69, 9.17) is 10.5 Å². The Labute approximate surface area is 195 Å². The van der Waals surface area contributed by atoms with E-state index in [2.05, 4.69) is 0 Å². The van der Waals surface area contributed by atoms with Crippen molar-refractivity contribution < 1.29 is 24.2 Å². The van der Waals surface area contributed by atoms with Gasteiger partial charge in [0.05, 0.1) is 11.7 Å². The highest BCUT2D eigenvalue weighted by atomic mass is 32.2. The standard InChI is InChI=1S/C25H22N2O5S/c26-23(30)17-9-6-10-18(13-17)27-24(31)21(14-22(28)29)33-25(27)19-11-4-5-12-20(19)32-15-16-7-2-1-3-8-16/h1-13,21,25H,14-15H2,(H2,26,30)(H,28,29)/t21-,25+/m1/s1. The summed E-state index contributed by atoms with van der Waals surface area (Å²) in [6.07, 6.45) is -0.306. The van der Waals surface area contributed by atoms with Crippen molar-refractivity contribution in [2.45, 2.75) is 23.7 Å². The number of anilines is 1. The lowest BCUT2D eigenvalue weighted by Gasteiger charge is -2.26. The second-order valence-electron chi connectivity index (χ2n) is 7.51. The van der Waals surface area contributed by atoms with E-state index in [1.165, 1.54) is 16.7 Å². The van der Waals surface area contributed by atoms with Crippen LogP contribution < -0.4 is 15.4 Å². The van der Waals surface area contributed by atoms with Crippen molar-refractivity contribution in [1.82, 2.24) is 0 Å². The summed E-state index contributed by atoms with van der Waals surface area (Å²) in [6, 6.07) is 23.5. The number of carboxylic acids is 1. The van der Waals surface area contributed by atoms with Crippen LogP contribution in [0.4, 0.5) is 5.69 Å². The first kappa shape index (κ1) is 22.4. The Balaban J connectivity index is 1.71. The summed E-state index contributed by atoms with van der Waals surface area (Å²) in [7, 11) is 0. The predicted molar refractivity (Wildman–Crippen MR) is 126 cm³/mol. The van der Waals surface area contributed by atoms with E-state index >= 15 is 0 Å². The molecular weight excluding hydrogens is 440 g/mol. The molecule has 8 heteroatoms. The molecule has 0 unspecified atom stereocenters. The number of hydrogen-bond acceptors (Lipinski definition) is 5. The first-order valence-corrected chi connectivity index (χ1v) is 11.2. The maximum absolute atomic E-state index is 13.3. The molecule has 0 radical (unpaired) electrons. The molecule has 1 aliphatic rings. The van der Waals surface area contributed by atoms with Gasteiger partial charge in [-0.15, -0.1) is 11.8 Å². The van der Waals surface area contributed by atoms with Gasteiger partial charge in [-0.1, -0.05) is 54.6 Å². The Bertz CT molecular complexity index is 1180. The molecule has 0 aromatic heterocycles. The average molecular weight is 463 g/mol. The first-order valence-electron chi connectivity index (χ1n) is 10.3. The van der Waals surface area contributed by atoms with Crippen LogP contribution in [0.2, 0.25) is 0 Å². The number of amides is 2. The van der Waals surface area contributed by atoms with Crippen LogP contribution in [-0.4, -0.2) is 28.1 Å². The van der Waals surface area contributed by atoms with Gasteiger partial charge in [0.15, 0.2) is 0 Å². The van der Waals surface area contributed by atoms with Crippen LogP contribution >= 0.6 is 11.8 Å². The highest BCUT2D eigenvalue weighted by Gasteiger charge is 2.44. The van der Waals surface area contributed by atoms with Gasteiger partial charge in [0.2, 0.25) is 11.8 Å². The SMILES string of the molecule is NC(=O)c1cccc(N2C(=O)[C@@H](CC(=O)O)S[C@H]2c2ccccc2OCc2ccccc2)c1. The number of primary amides is 1. The number of carbonyl (C=O) groups is 3. The summed E-state index contributed by atoms with van der Waals surface area (Å²) in [5, 5.41) is 8.02. The van der Waals surface area contributed by atoms with E-state index in [-0.39, 0.29) is 17.9 Å². The Hall–Kier alpha value is -3.78. The van der Waals surface area contributed by atoms with Crippen LogP contribution in [0.5, 0.6) is 5.75 Å². The molecule has 7 nitrogen and oxygen atoms in total. The first-order chi connectivity index (χ1) is 15.9. The number of carbonyl (C=O) groups excluding carboxylic acids is 2. The van der Waals surface area contributed by atoms with E-state index in [9.17, 15) is 19.5 Å². The Morgan fingerprint density at radius 1 is 1.00 bits per heavy atom. The fourth-order valence-corrected chi connectivity index (χ4v) is 5.14. The highest BCUT2D eigenvalue weighted by Crippen LogP contribution is 2.49. The number of rotatable bonds is 8. The van der Waals surface area contributed by atoms with Gasteiger partial charge in [-0.05, 0) is 29.8 Å². The molecule has 0 spiro atoms. The Morgan fingerprint density at radius 2 is 1.73 bits per heavy atom. The van der Waals surface area contributed by atoms with E-state index in [0.717, 1.165) is 11.1 Å². The second kappa shape index (κ2) is 9.79. The van der Waals surface area contributed by atoms with Crippen molar-refractivity contribution in [3.63, 3.8) is 0 Å². The average Bonchev–Trinajstić information content (AvgIpc) is 3.13. The van der Waals surface area contributed by atoms with Gasteiger partial charge in [0.1, 0.15) is 17.7 Å². The molecule has 3 aromatic carbocycles. The maximum Gasteiger partial charge on any atom is 0.305 e. The number of para-hydroxylation sites is 1. The summed E-state index contributed by atoms with van der Waals surface area (Å²) in [4.78, 5) is 37.9. The zero-order valence-corrected chi connectivity index (χ0v) is 18.4. The molecule has 1 fully saturated rings. The summed E-state index contributed by atoms with van der Waals surface area (Å²) in [6.45, 7) is 0.346. The number of carboxylic acid groups (broad SMARTS) is 1. The molecular formula is C25H22N2O5S. The van der Waals surface area contributed by atoms with E-state index in [1.807, 2.05) is 54.6 Å². The van der Waals surface area contributed by atoms with Crippen molar-refractivity contribution >= 4 is 35.2 Å². The number of thioether (sulfide) groups is 1. The monoisotopic (exact) mass is 462 g/mol. The van der Waals surface area contributed by atoms with Crippen molar-refractivity contribution in [3.05, 3.63) is 95.6 Å². The van der Waals surface area contributed by atoms with Crippen molar-refractivity contribution in [2.24, 2.45) is 5.73 Å². The molecule has 4 rings (SSSR count). The zero-order valence-electron chi connectivity index (χ0n) is 17.6. The molecule has 0 bridgehead atoms. The minimum absolute atomic E-state index is 0.263. The van der Waals surface area contributed by atoms with E-state index in [0.29, 0.717) is 18.0 Å². The van der Waals surface area contributed by atoms with Gasteiger partial charge in [0, 0.05) is 16.8 Å². The largest absolute Gasteiger partial charge is 0.489 e. The van der Waals surface area contributed by atoms with Crippen molar-refractivity contribution in [3.8, 4) is 5.75 Å². The molecule has 2 atom stereocenters. The molecule has 3 aromatic rings. The molecule has 2 amide bonds. The van der Waals surface area contributed by atoms with Gasteiger partial charge in [-0.25, -0.2) is 0 Å². The molecule has 0 saturated carbocycles. The summed E-state index contributed by atoms with van der Waals surface area (Å²) < 4.78 is 6.09. The van der Waals surface area contributed by atoms with Crippen molar-refractivity contribution in [2.75, 3.05) is 4.90 Å². The van der Waals surface area contributed by atoms with Gasteiger partial charge >= 0.3 is 5.97 Å². The number of hydrogen-bond donors (Lipinski definition) is 2. The van der Waals surface area contributed by atoms with Crippen LogP contribution in [0.25, 0.3) is 0 Å². The Morgan fingerprint density at radius 3 is 2.45 bits per heavy atom. The third-order valence-corrected chi connectivity index (χ3v) is 6.65. The number of nitrogens with two attached hydrogens (primary N) is 1.